The van der Waals surface area contributed by atoms with Gasteiger partial charge in [0.1, 0.15) is 17.6 Å². The zero-order chi connectivity index (χ0) is 29.5. The van der Waals surface area contributed by atoms with Crippen LogP contribution in [0.4, 0.5) is 27.1 Å². The zero-order valence-corrected chi connectivity index (χ0v) is 24.1. The molecule has 1 atom stereocenters. The Morgan fingerprint density at radius 1 is 0.837 bits per heavy atom. The van der Waals surface area contributed by atoms with Gasteiger partial charge in [0.05, 0.1) is 35.0 Å². The Bertz CT molecular complexity index is 2020. The molecule has 0 fully saturated rings. The maximum atomic E-state index is 14.9. The van der Waals surface area contributed by atoms with E-state index in [2.05, 4.69) is 25.6 Å². The minimum Gasteiger partial charge on any atom is -0.371 e. The average Bonchev–Trinajstić information content (AvgIpc) is 3.42. The average molecular weight is 572 g/mol. The summed E-state index contributed by atoms with van der Waals surface area (Å²) < 4.78 is 20.4. The molecule has 6 aromatic rings. The molecule has 0 saturated carbocycles. The summed E-state index contributed by atoms with van der Waals surface area (Å²) in [5.41, 5.74) is 10.4. The molecule has 1 aliphatic heterocycles. The minimum absolute atomic E-state index is 0.207. The van der Waals surface area contributed by atoms with Gasteiger partial charge in [-0.1, -0.05) is 6.07 Å². The first-order chi connectivity index (χ1) is 20.9. The molecule has 9 heteroatoms. The molecule has 3 N–H and O–H groups in total. The number of benzene rings is 2. The van der Waals surface area contributed by atoms with Crippen molar-refractivity contribution in [2.45, 2.75) is 33.3 Å². The summed E-state index contributed by atoms with van der Waals surface area (Å²) in [4.78, 5) is 21.8. The van der Waals surface area contributed by atoms with Crippen LogP contribution in [0.25, 0.3) is 39.0 Å². The van der Waals surface area contributed by atoms with Gasteiger partial charge in [0.15, 0.2) is 5.82 Å². The highest BCUT2D eigenvalue weighted by Gasteiger charge is 2.22. The molecule has 0 saturated heterocycles. The molecule has 43 heavy (non-hydrogen) atoms. The summed E-state index contributed by atoms with van der Waals surface area (Å²) in [5, 5.41) is 7.83. The highest BCUT2D eigenvalue weighted by molar-refractivity contribution is 5.95. The number of anilines is 4. The van der Waals surface area contributed by atoms with E-state index in [0.717, 1.165) is 67.3 Å². The summed E-state index contributed by atoms with van der Waals surface area (Å²) in [6.45, 7) is 6.18. The third-order valence-corrected chi connectivity index (χ3v) is 7.60. The molecule has 214 valence electrons. The lowest BCUT2D eigenvalue weighted by Crippen LogP contribution is -2.17. The fourth-order valence-electron chi connectivity index (χ4n) is 5.47. The van der Waals surface area contributed by atoms with Gasteiger partial charge in [-0.15, -0.1) is 0 Å². The van der Waals surface area contributed by atoms with Crippen LogP contribution >= 0.6 is 0 Å². The Labute approximate surface area is 248 Å². The second-order valence-corrected chi connectivity index (χ2v) is 10.8. The molecule has 7 rings (SSSR count). The Morgan fingerprint density at radius 2 is 1.67 bits per heavy atom. The number of nitrogens with zero attached hydrogens (tertiary/aromatic N) is 4. The molecule has 5 heterocycles. The number of hydrogen-bond donors (Lipinski definition) is 3. The lowest BCUT2D eigenvalue weighted by atomic mass is 9.96. The molecule has 2 aromatic carbocycles. The first-order valence-corrected chi connectivity index (χ1v) is 14.2. The van der Waals surface area contributed by atoms with Crippen LogP contribution in [0.3, 0.4) is 0 Å². The SMILES string of the molecule is Cc1cc(Nc2ccc3nc(-c4ccc(Nc5cc(C)nc6ccc(C7=C(F)[C@@H](C)OCC7)cc56)cn4)[nH]c3c2)ccn1. The van der Waals surface area contributed by atoms with Crippen molar-refractivity contribution in [2.24, 2.45) is 0 Å². The lowest BCUT2D eigenvalue weighted by molar-refractivity contribution is 0.0696. The third kappa shape index (κ3) is 5.42. The number of nitrogens with one attached hydrogen (secondary N) is 3. The maximum Gasteiger partial charge on any atom is 0.157 e. The predicted octanol–water partition coefficient (Wildman–Crippen LogP) is 8.16. The molecule has 8 nitrogen and oxygen atoms in total. The molecular weight excluding hydrogens is 541 g/mol. The minimum atomic E-state index is -0.528. The van der Waals surface area contributed by atoms with Crippen LogP contribution < -0.4 is 10.6 Å². The molecule has 0 spiro atoms. The van der Waals surface area contributed by atoms with Crippen LogP contribution in [0.15, 0.2) is 85.0 Å². The number of imidazole rings is 1. The molecule has 4 aromatic heterocycles. The highest BCUT2D eigenvalue weighted by atomic mass is 19.1. The monoisotopic (exact) mass is 571 g/mol. The molecule has 0 amide bonds. The van der Waals surface area contributed by atoms with Crippen LogP contribution in [0.1, 0.15) is 30.3 Å². The van der Waals surface area contributed by atoms with Crippen LogP contribution in [-0.4, -0.2) is 37.6 Å². The number of aromatic amines is 1. The lowest BCUT2D eigenvalue weighted by Gasteiger charge is -2.22. The van der Waals surface area contributed by atoms with Gasteiger partial charge in [-0.25, -0.2) is 9.37 Å². The number of H-pyrrole nitrogens is 1. The fraction of sp³-hybridized carbons (Fsp3) is 0.176. The van der Waals surface area contributed by atoms with E-state index in [1.807, 2.05) is 80.6 Å². The summed E-state index contributed by atoms with van der Waals surface area (Å²) in [6, 6.07) is 21.8. The van der Waals surface area contributed by atoms with Gasteiger partial charge in [-0.05, 0) is 99.0 Å². The summed E-state index contributed by atoms with van der Waals surface area (Å²) in [6.07, 6.45) is 3.59. The number of aryl methyl sites for hydroxylation is 2. The number of ether oxygens (including phenoxy) is 1. The van der Waals surface area contributed by atoms with Crippen molar-refractivity contribution in [3.8, 4) is 11.5 Å². The predicted molar refractivity (Wildman–Crippen MR) is 169 cm³/mol. The molecule has 0 unspecified atom stereocenters. The Hall–Kier alpha value is -5.15. The summed E-state index contributed by atoms with van der Waals surface area (Å²) >= 11 is 0. The van der Waals surface area contributed by atoms with Gasteiger partial charge in [0.25, 0.3) is 0 Å². The second kappa shape index (κ2) is 10.9. The maximum absolute atomic E-state index is 14.9. The zero-order valence-electron chi connectivity index (χ0n) is 24.1. The van der Waals surface area contributed by atoms with Crippen molar-refractivity contribution in [1.82, 2.24) is 24.9 Å². The van der Waals surface area contributed by atoms with Gasteiger partial charge in [-0.2, -0.15) is 0 Å². The van der Waals surface area contributed by atoms with Gasteiger partial charge in [0.2, 0.25) is 0 Å². The Morgan fingerprint density at radius 3 is 2.51 bits per heavy atom. The third-order valence-electron chi connectivity index (χ3n) is 7.60. The van der Waals surface area contributed by atoms with Gasteiger partial charge in [0, 0.05) is 40.0 Å². The van der Waals surface area contributed by atoms with Crippen molar-refractivity contribution in [2.75, 3.05) is 17.2 Å². The molecule has 0 aliphatic carbocycles. The first kappa shape index (κ1) is 26.7. The molecule has 1 aliphatic rings. The number of hydrogen-bond acceptors (Lipinski definition) is 7. The van der Waals surface area contributed by atoms with Crippen molar-refractivity contribution >= 4 is 50.3 Å². The Balaban J connectivity index is 1.14. The second-order valence-electron chi connectivity index (χ2n) is 10.8. The van der Waals surface area contributed by atoms with Crippen LogP contribution in [0.5, 0.6) is 0 Å². The molecule has 0 bridgehead atoms. The van der Waals surface area contributed by atoms with E-state index in [1.165, 1.54) is 0 Å². The van der Waals surface area contributed by atoms with E-state index in [9.17, 15) is 4.39 Å². The van der Waals surface area contributed by atoms with Crippen LogP contribution in [0, 0.1) is 13.8 Å². The standard InChI is InChI=1S/C34H30FN7O/c1-19-14-24(10-12-36-19)39-23-5-8-29-32(17-23)42-34(41-29)30-9-6-25(18-37-30)40-31-15-20(2)38-28-7-4-22(16-27(28)31)26-11-13-43-21(3)33(26)35/h4-10,12,14-18,21H,11,13H2,1-3H3,(H,36,39)(H,38,40)(H,41,42)/t21-/m1/s1. The van der Waals surface area contributed by atoms with E-state index in [0.29, 0.717) is 24.4 Å². The normalized spacial score (nSPS) is 15.3. The van der Waals surface area contributed by atoms with Crippen LogP contribution in [-0.2, 0) is 4.74 Å². The van der Waals surface area contributed by atoms with Crippen molar-refractivity contribution < 1.29 is 9.13 Å². The van der Waals surface area contributed by atoms with E-state index in [4.69, 9.17) is 14.7 Å². The number of pyridine rings is 3. The highest BCUT2D eigenvalue weighted by Crippen LogP contribution is 2.35. The van der Waals surface area contributed by atoms with Gasteiger partial charge < -0.3 is 20.4 Å². The van der Waals surface area contributed by atoms with E-state index in [1.54, 1.807) is 19.3 Å². The molecule has 0 radical (unpaired) electrons. The van der Waals surface area contributed by atoms with Crippen molar-refractivity contribution in [3.63, 3.8) is 0 Å². The van der Waals surface area contributed by atoms with Gasteiger partial charge >= 0.3 is 0 Å². The molecular formula is C34H30FN7O. The number of halogens is 1. The Kier molecular flexibility index (Phi) is 6.79. The smallest absolute Gasteiger partial charge is 0.157 e. The van der Waals surface area contributed by atoms with Crippen molar-refractivity contribution in [3.05, 3.63) is 102 Å². The van der Waals surface area contributed by atoms with E-state index >= 15 is 0 Å². The summed E-state index contributed by atoms with van der Waals surface area (Å²) in [5.74, 6) is 0.483. The number of rotatable bonds is 6. The largest absolute Gasteiger partial charge is 0.371 e. The first-order valence-electron chi connectivity index (χ1n) is 14.2. The topological polar surface area (TPSA) is 101 Å². The quantitative estimate of drug-likeness (QED) is 0.185. The van der Waals surface area contributed by atoms with Crippen molar-refractivity contribution in [1.29, 1.82) is 0 Å². The van der Waals surface area contributed by atoms with E-state index in [-0.39, 0.29) is 5.83 Å². The summed E-state index contributed by atoms with van der Waals surface area (Å²) in [7, 11) is 0. The number of fused-ring (bicyclic) bond motifs is 2. The van der Waals surface area contributed by atoms with E-state index < -0.39 is 6.10 Å². The van der Waals surface area contributed by atoms with Gasteiger partial charge in [-0.3, -0.25) is 15.0 Å². The van der Waals surface area contributed by atoms with Crippen LogP contribution in [0.2, 0.25) is 0 Å². The number of aromatic nitrogens is 5. The fourth-order valence-corrected chi connectivity index (χ4v) is 5.47.